The van der Waals surface area contributed by atoms with E-state index in [2.05, 4.69) is 52.2 Å². The van der Waals surface area contributed by atoms with Crippen molar-refractivity contribution in [3.63, 3.8) is 0 Å². The van der Waals surface area contributed by atoms with Crippen molar-refractivity contribution in [2.24, 2.45) is 7.05 Å². The van der Waals surface area contributed by atoms with Gasteiger partial charge in [-0.1, -0.05) is 45.8 Å². The lowest BCUT2D eigenvalue weighted by molar-refractivity contribution is 0.0728. The van der Waals surface area contributed by atoms with E-state index in [0.29, 0.717) is 31.9 Å². The van der Waals surface area contributed by atoms with Gasteiger partial charge in [0.15, 0.2) is 0 Å². The Labute approximate surface area is 179 Å². The molecular weight excluding hydrogens is 430 g/mol. The van der Waals surface area contributed by atoms with Crippen molar-refractivity contribution in [3.05, 3.63) is 86.6 Å². The third-order valence-corrected chi connectivity index (χ3v) is 5.86. The number of hydrogen-bond acceptors (Lipinski definition) is 3. The summed E-state index contributed by atoms with van der Waals surface area (Å²) >= 11 is 3.42. The first kappa shape index (κ1) is 19.9. The third-order valence-electron chi connectivity index (χ3n) is 5.33. The molecular formula is C23H24BrN3O2. The van der Waals surface area contributed by atoms with Crippen molar-refractivity contribution in [1.82, 2.24) is 14.7 Å². The minimum Gasteiger partial charge on any atom is -0.370 e. The highest BCUT2D eigenvalue weighted by atomic mass is 79.9. The molecule has 0 saturated carbocycles. The summed E-state index contributed by atoms with van der Waals surface area (Å²) in [6, 6.07) is 15.9. The molecule has 0 atom stereocenters. The lowest BCUT2D eigenvalue weighted by atomic mass is 10.0. The van der Waals surface area contributed by atoms with Crippen LogP contribution in [-0.4, -0.2) is 27.1 Å². The molecule has 0 spiro atoms. The zero-order valence-electron chi connectivity index (χ0n) is 16.7. The Morgan fingerprint density at radius 2 is 1.83 bits per heavy atom. The number of carbonyl (C=O) groups excluding carboxylic acids is 1. The van der Waals surface area contributed by atoms with Crippen molar-refractivity contribution >= 4 is 21.8 Å². The van der Waals surface area contributed by atoms with Gasteiger partial charge in [0.25, 0.3) is 5.91 Å². The summed E-state index contributed by atoms with van der Waals surface area (Å²) in [7, 11) is 1.97. The molecule has 5 nitrogen and oxygen atoms in total. The van der Waals surface area contributed by atoms with Crippen LogP contribution < -0.4 is 0 Å². The maximum atomic E-state index is 12.9. The number of amides is 1. The van der Waals surface area contributed by atoms with Crippen molar-refractivity contribution in [3.8, 4) is 0 Å². The Balaban J connectivity index is 1.45. The first-order valence-electron chi connectivity index (χ1n) is 9.73. The van der Waals surface area contributed by atoms with E-state index in [4.69, 9.17) is 4.74 Å². The summed E-state index contributed by atoms with van der Waals surface area (Å²) < 4.78 is 8.83. The van der Waals surface area contributed by atoms with Crippen LogP contribution in [0, 0.1) is 6.92 Å². The zero-order chi connectivity index (χ0) is 20.4. The monoisotopic (exact) mass is 453 g/mol. The molecule has 29 heavy (non-hydrogen) atoms. The molecule has 1 aliphatic rings. The Morgan fingerprint density at radius 3 is 2.55 bits per heavy atom. The molecule has 0 bridgehead atoms. The summed E-state index contributed by atoms with van der Waals surface area (Å²) in [4.78, 5) is 14.8. The van der Waals surface area contributed by atoms with Crippen LogP contribution in [-0.2, 0) is 38.0 Å². The fourth-order valence-corrected chi connectivity index (χ4v) is 3.95. The Bertz CT molecular complexity index is 1010. The number of nitrogens with zero attached hydrogens (tertiary/aromatic N) is 3. The number of aromatic nitrogens is 2. The van der Waals surface area contributed by atoms with Crippen LogP contribution in [0.2, 0.25) is 0 Å². The van der Waals surface area contributed by atoms with Gasteiger partial charge in [-0.15, -0.1) is 0 Å². The fourth-order valence-electron chi connectivity index (χ4n) is 3.68. The van der Waals surface area contributed by atoms with Crippen LogP contribution in [0.25, 0.3) is 0 Å². The molecule has 0 unspecified atom stereocenters. The molecule has 150 valence electrons. The van der Waals surface area contributed by atoms with Crippen molar-refractivity contribution in [2.45, 2.75) is 33.1 Å². The van der Waals surface area contributed by atoms with Gasteiger partial charge < -0.3 is 9.64 Å². The predicted octanol–water partition coefficient (Wildman–Crippen LogP) is 4.41. The molecule has 3 aromatic rings. The second kappa shape index (κ2) is 8.51. The first-order valence-corrected chi connectivity index (χ1v) is 10.5. The van der Waals surface area contributed by atoms with E-state index in [-0.39, 0.29) is 5.91 Å². The number of carbonyl (C=O) groups is 1. The predicted molar refractivity (Wildman–Crippen MR) is 115 cm³/mol. The second-order valence-electron chi connectivity index (χ2n) is 7.46. The van der Waals surface area contributed by atoms with Crippen LogP contribution in [0.4, 0.5) is 0 Å². The number of hydrogen-bond donors (Lipinski definition) is 0. The van der Waals surface area contributed by atoms with Gasteiger partial charge in [-0.05, 0) is 36.8 Å². The number of fused-ring (bicyclic) bond motifs is 1. The third kappa shape index (κ3) is 4.43. The van der Waals surface area contributed by atoms with E-state index in [0.717, 1.165) is 27.7 Å². The molecule has 1 aliphatic heterocycles. The topological polar surface area (TPSA) is 47.4 Å². The number of halogens is 1. The van der Waals surface area contributed by atoms with Crippen molar-refractivity contribution < 1.29 is 9.53 Å². The van der Waals surface area contributed by atoms with Crippen molar-refractivity contribution in [2.75, 3.05) is 6.54 Å². The SMILES string of the molecule is Cc1ccc(COCc2nn(C)c3c2CN(C(=O)c2ccc(Br)cc2)CC3)cc1. The largest absolute Gasteiger partial charge is 0.370 e. The fraction of sp³-hybridized carbons (Fsp3) is 0.304. The number of ether oxygens (including phenoxy) is 1. The number of rotatable bonds is 5. The minimum absolute atomic E-state index is 0.0542. The maximum Gasteiger partial charge on any atom is 0.254 e. The van der Waals surface area contributed by atoms with Gasteiger partial charge in [0.1, 0.15) is 0 Å². The van der Waals surface area contributed by atoms with Crippen LogP contribution in [0.1, 0.15) is 38.4 Å². The summed E-state index contributed by atoms with van der Waals surface area (Å²) in [6.45, 7) is 4.34. The lowest BCUT2D eigenvalue weighted by Crippen LogP contribution is -2.36. The summed E-state index contributed by atoms with van der Waals surface area (Å²) in [5, 5.41) is 4.66. The highest BCUT2D eigenvalue weighted by Crippen LogP contribution is 2.24. The van der Waals surface area contributed by atoms with Crippen LogP contribution in [0.15, 0.2) is 53.0 Å². The van der Waals surface area contributed by atoms with Gasteiger partial charge in [-0.25, -0.2) is 0 Å². The first-order chi connectivity index (χ1) is 14.0. The Kier molecular flexibility index (Phi) is 5.83. The molecule has 4 rings (SSSR count). The standard InChI is InChI=1S/C23H24BrN3O2/c1-16-3-5-17(6-4-16)14-29-15-21-20-13-27(12-11-22(20)26(2)25-21)23(28)18-7-9-19(24)10-8-18/h3-10H,11-15H2,1-2H3. The molecule has 1 amide bonds. The quantitative estimate of drug-likeness (QED) is 0.574. The second-order valence-corrected chi connectivity index (χ2v) is 8.37. The van der Waals surface area contributed by atoms with Gasteiger partial charge >= 0.3 is 0 Å². The van der Waals surface area contributed by atoms with Crippen LogP contribution in [0.3, 0.4) is 0 Å². The molecule has 2 aromatic carbocycles. The van der Waals surface area contributed by atoms with E-state index in [1.165, 1.54) is 11.3 Å². The highest BCUT2D eigenvalue weighted by molar-refractivity contribution is 9.10. The van der Waals surface area contributed by atoms with E-state index in [1.807, 2.05) is 40.9 Å². The van der Waals surface area contributed by atoms with Crippen LogP contribution >= 0.6 is 15.9 Å². The zero-order valence-corrected chi connectivity index (χ0v) is 18.3. The summed E-state index contributed by atoms with van der Waals surface area (Å²) in [6.07, 6.45) is 0.805. The lowest BCUT2D eigenvalue weighted by Gasteiger charge is -2.28. The van der Waals surface area contributed by atoms with Crippen molar-refractivity contribution in [1.29, 1.82) is 0 Å². The smallest absolute Gasteiger partial charge is 0.254 e. The molecule has 0 aliphatic carbocycles. The average molecular weight is 454 g/mol. The Morgan fingerprint density at radius 1 is 1.10 bits per heavy atom. The van der Waals surface area contributed by atoms with Gasteiger partial charge in [0.2, 0.25) is 0 Å². The van der Waals surface area contributed by atoms with E-state index in [9.17, 15) is 4.79 Å². The molecule has 0 saturated heterocycles. The number of aryl methyl sites for hydroxylation is 2. The summed E-state index contributed by atoms with van der Waals surface area (Å²) in [5.74, 6) is 0.0542. The van der Waals surface area contributed by atoms with Gasteiger partial charge in [-0.2, -0.15) is 5.10 Å². The number of benzene rings is 2. The molecule has 1 aromatic heterocycles. The summed E-state index contributed by atoms with van der Waals surface area (Å²) in [5.41, 5.74) is 6.32. The van der Waals surface area contributed by atoms with E-state index >= 15 is 0 Å². The normalized spacial score (nSPS) is 13.4. The average Bonchev–Trinajstić information content (AvgIpc) is 3.04. The van der Waals surface area contributed by atoms with Gasteiger partial charge in [0.05, 0.1) is 18.9 Å². The molecule has 2 heterocycles. The minimum atomic E-state index is 0.0542. The van der Waals surface area contributed by atoms with Gasteiger partial charge in [0, 0.05) is 47.9 Å². The highest BCUT2D eigenvalue weighted by Gasteiger charge is 2.27. The molecule has 0 radical (unpaired) electrons. The maximum absolute atomic E-state index is 12.9. The molecule has 6 heteroatoms. The van der Waals surface area contributed by atoms with E-state index in [1.54, 1.807) is 0 Å². The van der Waals surface area contributed by atoms with Crippen LogP contribution in [0.5, 0.6) is 0 Å². The molecule has 0 fully saturated rings. The van der Waals surface area contributed by atoms with Gasteiger partial charge in [-0.3, -0.25) is 9.48 Å². The Hall–Kier alpha value is -2.44. The molecule has 0 N–H and O–H groups in total. The van der Waals surface area contributed by atoms with E-state index < -0.39 is 0 Å².